The standard InChI is InChI=1S/C52H50O6/c1-27-19-31(5)43(32(6)20-27)49(53)39-15-13-17-41(47(39)51(55)45-35(9)23-29(3)24-36(45)10)57-58-42-18-14-16-40(50(54)44-33(7)21-28(2)22-34(44)8)48(42)52(56)46-37(11)25-30(4)26-38(46)12/h13-26H,1-12H3. The Morgan fingerprint density at radius 1 is 0.310 bits per heavy atom. The number of rotatable bonds is 11. The van der Waals surface area contributed by atoms with Crippen LogP contribution in [0.4, 0.5) is 0 Å². The molecule has 294 valence electrons. The number of ketones is 4. The van der Waals surface area contributed by atoms with Gasteiger partial charge in [-0.3, -0.25) is 29.0 Å². The van der Waals surface area contributed by atoms with Gasteiger partial charge in [-0.05, 0) is 140 Å². The molecule has 6 heteroatoms. The van der Waals surface area contributed by atoms with E-state index < -0.39 is 11.6 Å². The Morgan fingerprint density at radius 3 is 0.776 bits per heavy atom. The summed E-state index contributed by atoms with van der Waals surface area (Å²) in [5.41, 5.74) is 12.5. The van der Waals surface area contributed by atoms with E-state index >= 15 is 0 Å². The van der Waals surface area contributed by atoms with Crippen molar-refractivity contribution in [2.24, 2.45) is 0 Å². The van der Waals surface area contributed by atoms with Crippen LogP contribution in [-0.2, 0) is 0 Å². The van der Waals surface area contributed by atoms with Gasteiger partial charge in [0, 0.05) is 33.4 Å². The minimum absolute atomic E-state index is 0.0132. The van der Waals surface area contributed by atoms with Crippen LogP contribution >= 0.6 is 0 Å². The summed E-state index contributed by atoms with van der Waals surface area (Å²) in [6.45, 7) is 22.9. The first-order valence-electron chi connectivity index (χ1n) is 19.5. The predicted octanol–water partition coefficient (Wildman–Crippen LogP) is 11.7. The average molecular weight is 771 g/mol. The van der Waals surface area contributed by atoms with Crippen LogP contribution in [0.3, 0.4) is 0 Å². The number of carbonyl (C=O) groups is 4. The van der Waals surface area contributed by atoms with Gasteiger partial charge < -0.3 is 0 Å². The van der Waals surface area contributed by atoms with Gasteiger partial charge in [-0.1, -0.05) is 95.1 Å². The second kappa shape index (κ2) is 16.2. The molecule has 0 spiro atoms. The first-order chi connectivity index (χ1) is 27.4. The maximum atomic E-state index is 14.9. The molecule has 0 aromatic heterocycles. The summed E-state index contributed by atoms with van der Waals surface area (Å²) in [5.74, 6) is -1.50. The molecular weight excluding hydrogens is 721 g/mol. The minimum Gasteiger partial charge on any atom is -0.289 e. The molecule has 0 amide bonds. The van der Waals surface area contributed by atoms with Crippen molar-refractivity contribution in [3.8, 4) is 11.5 Å². The quantitative estimate of drug-likeness (QED) is 0.0741. The zero-order chi connectivity index (χ0) is 42.3. The topological polar surface area (TPSA) is 86.7 Å². The summed E-state index contributed by atoms with van der Waals surface area (Å²) in [4.78, 5) is 71.2. The lowest BCUT2D eigenvalue weighted by molar-refractivity contribution is -0.101. The van der Waals surface area contributed by atoms with Crippen molar-refractivity contribution in [3.63, 3.8) is 0 Å². The fourth-order valence-corrected chi connectivity index (χ4v) is 8.81. The van der Waals surface area contributed by atoms with Gasteiger partial charge in [0.25, 0.3) is 0 Å². The van der Waals surface area contributed by atoms with Crippen molar-refractivity contribution >= 4 is 23.1 Å². The van der Waals surface area contributed by atoms with Crippen molar-refractivity contribution in [3.05, 3.63) is 196 Å². The SMILES string of the molecule is Cc1cc(C)c(C(=O)c2cccc(OOc3cccc(C(=O)c4c(C)cc(C)cc4C)c3C(=O)c3c(C)cc(C)cc3C)c2C(=O)c2c(C)cc(C)cc2C)c(C)c1. The Balaban J connectivity index is 1.55. The maximum absolute atomic E-state index is 14.9. The summed E-state index contributed by atoms with van der Waals surface area (Å²) in [7, 11) is 0. The lowest BCUT2D eigenvalue weighted by Gasteiger charge is -2.19. The van der Waals surface area contributed by atoms with E-state index in [1.165, 1.54) is 0 Å². The van der Waals surface area contributed by atoms with Crippen LogP contribution in [0, 0.1) is 83.1 Å². The number of aryl methyl sites for hydroxylation is 12. The van der Waals surface area contributed by atoms with Gasteiger partial charge in [0.05, 0.1) is 11.1 Å². The third-order valence-corrected chi connectivity index (χ3v) is 10.8. The molecule has 0 radical (unpaired) electrons. The Kier molecular flexibility index (Phi) is 11.5. The normalized spacial score (nSPS) is 11.0. The molecule has 0 atom stereocenters. The molecule has 0 heterocycles. The highest BCUT2D eigenvalue weighted by Gasteiger charge is 2.31. The zero-order valence-electron chi connectivity index (χ0n) is 35.5. The molecule has 0 N–H and O–H groups in total. The van der Waals surface area contributed by atoms with E-state index in [-0.39, 0.29) is 45.3 Å². The van der Waals surface area contributed by atoms with Gasteiger partial charge in [0.1, 0.15) is 0 Å². The lowest BCUT2D eigenvalue weighted by atomic mass is 9.86. The summed E-state index contributed by atoms with van der Waals surface area (Å²) in [6.07, 6.45) is 0. The van der Waals surface area contributed by atoms with Crippen molar-refractivity contribution in [1.82, 2.24) is 0 Å². The van der Waals surface area contributed by atoms with Crippen molar-refractivity contribution in [2.75, 3.05) is 0 Å². The first-order valence-corrected chi connectivity index (χ1v) is 19.5. The highest BCUT2D eigenvalue weighted by Crippen LogP contribution is 2.35. The van der Waals surface area contributed by atoms with E-state index in [9.17, 15) is 19.2 Å². The molecule has 58 heavy (non-hydrogen) atoms. The Morgan fingerprint density at radius 2 is 0.534 bits per heavy atom. The van der Waals surface area contributed by atoms with Crippen LogP contribution in [0.15, 0.2) is 84.9 Å². The minimum atomic E-state index is -0.406. The molecule has 0 aliphatic rings. The Bertz CT molecular complexity index is 2430. The van der Waals surface area contributed by atoms with Gasteiger partial charge in [0.2, 0.25) is 0 Å². The molecule has 0 saturated heterocycles. The number of hydrogen-bond donors (Lipinski definition) is 0. The lowest BCUT2D eigenvalue weighted by Crippen LogP contribution is -2.19. The van der Waals surface area contributed by atoms with Gasteiger partial charge in [-0.2, -0.15) is 0 Å². The van der Waals surface area contributed by atoms with E-state index in [1.807, 2.05) is 132 Å². The van der Waals surface area contributed by atoms with Crippen molar-refractivity contribution in [1.29, 1.82) is 0 Å². The third-order valence-electron chi connectivity index (χ3n) is 10.8. The largest absolute Gasteiger partial charge is 0.289 e. The van der Waals surface area contributed by atoms with Crippen LogP contribution in [0.25, 0.3) is 0 Å². The molecule has 0 aliphatic carbocycles. The molecule has 0 unspecified atom stereocenters. The molecule has 0 fully saturated rings. The third kappa shape index (κ3) is 7.79. The van der Waals surface area contributed by atoms with E-state index in [4.69, 9.17) is 9.78 Å². The number of hydrogen-bond acceptors (Lipinski definition) is 6. The summed E-state index contributed by atoms with van der Waals surface area (Å²) >= 11 is 0. The van der Waals surface area contributed by atoms with Crippen LogP contribution in [-0.4, -0.2) is 23.1 Å². The second-order valence-electron chi connectivity index (χ2n) is 15.9. The van der Waals surface area contributed by atoms with E-state index in [1.54, 1.807) is 36.4 Å². The second-order valence-corrected chi connectivity index (χ2v) is 15.9. The molecule has 6 aromatic carbocycles. The monoisotopic (exact) mass is 770 g/mol. The van der Waals surface area contributed by atoms with Crippen molar-refractivity contribution < 1.29 is 29.0 Å². The van der Waals surface area contributed by atoms with Crippen LogP contribution in [0.2, 0.25) is 0 Å². The van der Waals surface area contributed by atoms with E-state index in [0.717, 1.165) is 66.8 Å². The van der Waals surface area contributed by atoms with Crippen LogP contribution in [0.1, 0.15) is 130 Å². The molecule has 0 saturated carbocycles. The maximum Gasteiger partial charge on any atom is 0.198 e. The molecule has 0 aliphatic heterocycles. The smallest absolute Gasteiger partial charge is 0.198 e. The van der Waals surface area contributed by atoms with Gasteiger partial charge in [-0.15, -0.1) is 0 Å². The van der Waals surface area contributed by atoms with E-state index in [2.05, 4.69) is 0 Å². The Labute approximate surface area is 341 Å². The first kappa shape index (κ1) is 41.2. The zero-order valence-corrected chi connectivity index (χ0v) is 35.5. The fourth-order valence-electron chi connectivity index (χ4n) is 8.81. The molecule has 0 bridgehead atoms. The van der Waals surface area contributed by atoms with Gasteiger partial charge >= 0.3 is 0 Å². The van der Waals surface area contributed by atoms with E-state index in [0.29, 0.717) is 22.3 Å². The van der Waals surface area contributed by atoms with Gasteiger partial charge in [-0.25, -0.2) is 0 Å². The van der Waals surface area contributed by atoms with Gasteiger partial charge in [0.15, 0.2) is 34.6 Å². The van der Waals surface area contributed by atoms with Crippen molar-refractivity contribution in [2.45, 2.75) is 83.1 Å². The fraction of sp³-hybridized carbons (Fsp3) is 0.231. The predicted molar refractivity (Wildman–Crippen MR) is 230 cm³/mol. The number of carbonyl (C=O) groups excluding carboxylic acids is 4. The summed E-state index contributed by atoms with van der Waals surface area (Å²) in [5, 5.41) is 0. The highest BCUT2D eigenvalue weighted by atomic mass is 17.2. The number of benzene rings is 6. The Hall–Kier alpha value is -6.40. The highest BCUT2D eigenvalue weighted by molar-refractivity contribution is 6.23. The molecule has 6 rings (SSSR count). The molecule has 6 aromatic rings. The summed E-state index contributed by atoms with van der Waals surface area (Å²) in [6, 6.07) is 25.2. The average Bonchev–Trinajstić information content (AvgIpc) is 3.11. The van der Waals surface area contributed by atoms with Crippen LogP contribution < -0.4 is 9.78 Å². The molecular formula is C52H50O6. The van der Waals surface area contributed by atoms with Crippen LogP contribution in [0.5, 0.6) is 11.5 Å². The molecule has 6 nitrogen and oxygen atoms in total. The summed E-state index contributed by atoms with van der Waals surface area (Å²) < 4.78 is 0.